The van der Waals surface area contributed by atoms with Gasteiger partial charge in [0.1, 0.15) is 0 Å². The van der Waals surface area contributed by atoms with Gasteiger partial charge in [-0.3, -0.25) is 4.79 Å². The molecule has 1 aliphatic carbocycles. The largest absolute Gasteiger partial charge is 0.478 e. The Labute approximate surface area is 137 Å². The molecule has 2 fully saturated rings. The van der Waals surface area contributed by atoms with Crippen molar-refractivity contribution in [2.45, 2.75) is 51.4 Å². The van der Waals surface area contributed by atoms with E-state index in [1.807, 2.05) is 4.90 Å². The number of nitrogens with zero attached hydrogens (tertiary/aromatic N) is 1. The van der Waals surface area contributed by atoms with E-state index in [9.17, 15) is 9.59 Å². The maximum Gasteiger partial charge on any atom is 0.335 e. The summed E-state index contributed by atoms with van der Waals surface area (Å²) in [6, 6.07) is 6.62. The highest BCUT2D eigenvalue weighted by Gasteiger charge is 2.36. The Bertz CT molecular complexity index is 563. The van der Waals surface area contributed by atoms with E-state index >= 15 is 0 Å². The number of likely N-dealkylation sites (tertiary alicyclic amines) is 1. The molecule has 1 saturated carbocycles. The maximum atomic E-state index is 12.5. The molecule has 23 heavy (non-hydrogen) atoms. The molecule has 1 N–H and O–H groups in total. The highest BCUT2D eigenvalue weighted by Crippen LogP contribution is 2.44. The summed E-state index contributed by atoms with van der Waals surface area (Å²) in [6.07, 6.45) is 9.42. The summed E-state index contributed by atoms with van der Waals surface area (Å²) >= 11 is 0. The Hall–Kier alpha value is -1.84. The van der Waals surface area contributed by atoms with Gasteiger partial charge in [-0.05, 0) is 48.8 Å². The Morgan fingerprint density at radius 1 is 0.957 bits per heavy atom. The molecule has 1 aliphatic heterocycles. The molecule has 3 rings (SSSR count). The number of carbonyl (C=O) groups is 2. The lowest BCUT2D eigenvalue weighted by Gasteiger charge is -2.44. The van der Waals surface area contributed by atoms with Crippen LogP contribution in [0.3, 0.4) is 0 Å². The summed E-state index contributed by atoms with van der Waals surface area (Å²) in [4.78, 5) is 25.3. The van der Waals surface area contributed by atoms with Crippen LogP contribution in [0.25, 0.3) is 0 Å². The van der Waals surface area contributed by atoms with Gasteiger partial charge in [0.2, 0.25) is 5.91 Å². The third-order valence-corrected chi connectivity index (χ3v) is 5.65. The van der Waals surface area contributed by atoms with Crippen molar-refractivity contribution in [3.63, 3.8) is 0 Å². The predicted molar refractivity (Wildman–Crippen MR) is 88.4 cm³/mol. The van der Waals surface area contributed by atoms with E-state index in [1.165, 1.54) is 32.1 Å². The molecule has 1 saturated heterocycles. The van der Waals surface area contributed by atoms with Crippen LogP contribution in [0.1, 0.15) is 60.9 Å². The van der Waals surface area contributed by atoms with Crippen molar-refractivity contribution >= 4 is 11.9 Å². The number of carboxylic acid groups (broad SMARTS) is 1. The van der Waals surface area contributed by atoms with Crippen molar-refractivity contribution in [3.05, 3.63) is 35.4 Å². The normalized spacial score (nSPS) is 20.4. The molecule has 124 valence electrons. The fourth-order valence-electron chi connectivity index (χ4n) is 4.08. The van der Waals surface area contributed by atoms with Gasteiger partial charge in [0.25, 0.3) is 0 Å². The van der Waals surface area contributed by atoms with E-state index in [0.717, 1.165) is 31.5 Å². The number of piperidine rings is 1. The summed E-state index contributed by atoms with van der Waals surface area (Å²) in [5.41, 5.74) is 1.66. The number of aromatic carboxylic acids is 1. The van der Waals surface area contributed by atoms with Crippen LogP contribution in [0, 0.1) is 5.41 Å². The molecule has 0 aromatic heterocycles. The van der Waals surface area contributed by atoms with Gasteiger partial charge in [-0.15, -0.1) is 0 Å². The lowest BCUT2D eigenvalue weighted by molar-refractivity contribution is -0.133. The first kappa shape index (κ1) is 16.0. The molecule has 1 amide bonds. The highest BCUT2D eigenvalue weighted by atomic mass is 16.4. The maximum absolute atomic E-state index is 12.5. The molecule has 1 spiro atoms. The number of amides is 1. The Morgan fingerprint density at radius 3 is 2.13 bits per heavy atom. The first-order chi connectivity index (χ1) is 11.1. The lowest BCUT2D eigenvalue weighted by atomic mass is 9.68. The fourth-order valence-corrected chi connectivity index (χ4v) is 4.08. The second kappa shape index (κ2) is 6.73. The van der Waals surface area contributed by atoms with E-state index in [2.05, 4.69) is 0 Å². The molecule has 2 aliphatic rings. The molecule has 4 nitrogen and oxygen atoms in total. The smallest absolute Gasteiger partial charge is 0.335 e. The molecule has 0 atom stereocenters. The zero-order valence-corrected chi connectivity index (χ0v) is 13.6. The van der Waals surface area contributed by atoms with Crippen LogP contribution < -0.4 is 0 Å². The topological polar surface area (TPSA) is 57.6 Å². The average Bonchev–Trinajstić information content (AvgIpc) is 2.56. The molecule has 1 heterocycles. The van der Waals surface area contributed by atoms with Crippen LogP contribution >= 0.6 is 0 Å². The van der Waals surface area contributed by atoms with E-state index in [1.54, 1.807) is 24.3 Å². The Balaban J connectivity index is 1.54. The van der Waals surface area contributed by atoms with Gasteiger partial charge in [0.05, 0.1) is 12.0 Å². The molecular formula is C19H25NO3. The second-order valence-electron chi connectivity index (χ2n) is 7.12. The van der Waals surface area contributed by atoms with Gasteiger partial charge < -0.3 is 10.0 Å². The SMILES string of the molecule is O=C(O)c1ccc(CC(=O)N2CCC3(CCCCC3)CC2)cc1. The van der Waals surface area contributed by atoms with Gasteiger partial charge in [-0.25, -0.2) is 4.79 Å². The van der Waals surface area contributed by atoms with Gasteiger partial charge in [0.15, 0.2) is 0 Å². The number of carboxylic acids is 1. The molecule has 0 unspecified atom stereocenters. The number of hydrogen-bond acceptors (Lipinski definition) is 2. The van der Waals surface area contributed by atoms with Crippen molar-refractivity contribution in [1.29, 1.82) is 0 Å². The summed E-state index contributed by atoms with van der Waals surface area (Å²) in [5, 5.41) is 8.91. The predicted octanol–water partition coefficient (Wildman–Crippen LogP) is 3.50. The van der Waals surface area contributed by atoms with Gasteiger partial charge in [0, 0.05) is 13.1 Å². The fraction of sp³-hybridized carbons (Fsp3) is 0.579. The first-order valence-electron chi connectivity index (χ1n) is 8.68. The van der Waals surface area contributed by atoms with Crippen LogP contribution in [0.15, 0.2) is 24.3 Å². The van der Waals surface area contributed by atoms with Crippen molar-refractivity contribution in [1.82, 2.24) is 4.90 Å². The summed E-state index contributed by atoms with van der Waals surface area (Å²) < 4.78 is 0. The number of benzene rings is 1. The second-order valence-corrected chi connectivity index (χ2v) is 7.12. The third-order valence-electron chi connectivity index (χ3n) is 5.65. The van der Waals surface area contributed by atoms with Crippen molar-refractivity contribution in [2.24, 2.45) is 5.41 Å². The van der Waals surface area contributed by atoms with Crippen LogP contribution in [0.4, 0.5) is 0 Å². The lowest BCUT2D eigenvalue weighted by Crippen LogP contribution is -2.44. The minimum atomic E-state index is -0.934. The third kappa shape index (κ3) is 3.74. The molecule has 0 radical (unpaired) electrons. The first-order valence-corrected chi connectivity index (χ1v) is 8.68. The number of carbonyl (C=O) groups excluding carboxylic acids is 1. The van der Waals surface area contributed by atoms with Crippen LogP contribution in [0.5, 0.6) is 0 Å². The minimum absolute atomic E-state index is 0.165. The Kier molecular flexibility index (Phi) is 4.69. The highest BCUT2D eigenvalue weighted by molar-refractivity contribution is 5.87. The molecule has 1 aromatic rings. The zero-order chi connectivity index (χ0) is 16.3. The van der Waals surface area contributed by atoms with E-state index < -0.39 is 5.97 Å². The van der Waals surface area contributed by atoms with Crippen molar-refractivity contribution in [2.75, 3.05) is 13.1 Å². The van der Waals surface area contributed by atoms with Crippen LogP contribution in [-0.2, 0) is 11.2 Å². The quantitative estimate of drug-likeness (QED) is 0.928. The van der Waals surface area contributed by atoms with Crippen LogP contribution in [0.2, 0.25) is 0 Å². The van der Waals surface area contributed by atoms with Gasteiger partial charge in [-0.1, -0.05) is 31.4 Å². The average molecular weight is 315 g/mol. The van der Waals surface area contributed by atoms with Crippen molar-refractivity contribution < 1.29 is 14.7 Å². The minimum Gasteiger partial charge on any atom is -0.478 e. The summed E-state index contributed by atoms with van der Waals surface area (Å²) in [6.45, 7) is 1.76. The molecule has 4 heteroatoms. The molecule has 1 aromatic carbocycles. The van der Waals surface area contributed by atoms with Gasteiger partial charge >= 0.3 is 5.97 Å². The molecular weight excluding hydrogens is 290 g/mol. The monoisotopic (exact) mass is 315 g/mol. The number of rotatable bonds is 3. The van der Waals surface area contributed by atoms with Gasteiger partial charge in [-0.2, -0.15) is 0 Å². The zero-order valence-electron chi connectivity index (χ0n) is 13.6. The summed E-state index contributed by atoms with van der Waals surface area (Å²) in [5.74, 6) is -0.768. The number of hydrogen-bond donors (Lipinski definition) is 1. The van der Waals surface area contributed by atoms with E-state index in [-0.39, 0.29) is 11.5 Å². The molecule has 0 bridgehead atoms. The van der Waals surface area contributed by atoms with E-state index in [0.29, 0.717) is 11.8 Å². The van der Waals surface area contributed by atoms with Crippen molar-refractivity contribution in [3.8, 4) is 0 Å². The standard InChI is InChI=1S/C19H25NO3/c21-17(14-15-4-6-16(7-5-15)18(22)23)20-12-10-19(11-13-20)8-2-1-3-9-19/h4-7H,1-3,8-14H2,(H,22,23). The van der Waals surface area contributed by atoms with E-state index in [4.69, 9.17) is 5.11 Å². The Morgan fingerprint density at radius 2 is 1.57 bits per heavy atom. The van der Waals surface area contributed by atoms with Crippen LogP contribution in [-0.4, -0.2) is 35.0 Å². The summed E-state index contributed by atoms with van der Waals surface area (Å²) in [7, 11) is 0.